The summed E-state index contributed by atoms with van der Waals surface area (Å²) in [6.45, 7) is 0. The predicted molar refractivity (Wildman–Crippen MR) is 89.8 cm³/mol. The molecule has 0 amide bonds. The van der Waals surface area contributed by atoms with E-state index in [-0.39, 0.29) is 11.8 Å². The number of nitrogens with two attached hydrogens (primary N) is 2. The molecular weight excluding hydrogens is 295 g/mol. The molecule has 1 aliphatic heterocycles. The summed E-state index contributed by atoms with van der Waals surface area (Å²) in [6.07, 6.45) is 6.70. The molecule has 120 valence electrons. The zero-order chi connectivity index (χ0) is 16.0. The van der Waals surface area contributed by atoms with Gasteiger partial charge in [0, 0.05) is 11.6 Å². The Bertz CT molecular complexity index is 815. The quantitative estimate of drug-likeness (QED) is 0.754. The van der Waals surface area contributed by atoms with Gasteiger partial charge in [-0.1, -0.05) is 6.42 Å². The van der Waals surface area contributed by atoms with Crippen LogP contribution in [-0.4, -0.2) is 22.6 Å². The van der Waals surface area contributed by atoms with E-state index in [4.69, 9.17) is 11.5 Å². The maximum absolute atomic E-state index is 14.0. The second-order valence-electron chi connectivity index (χ2n) is 6.15. The largest absolute Gasteiger partial charge is 0.369 e. The first-order valence-corrected chi connectivity index (χ1v) is 7.86. The van der Waals surface area contributed by atoms with Crippen molar-refractivity contribution in [1.82, 2.24) is 4.98 Å². The van der Waals surface area contributed by atoms with Crippen molar-refractivity contribution in [3.8, 4) is 0 Å². The molecule has 5 N–H and O–H groups in total. The van der Waals surface area contributed by atoms with Crippen molar-refractivity contribution in [2.75, 3.05) is 4.90 Å². The summed E-state index contributed by atoms with van der Waals surface area (Å²) < 4.78 is 14.0. The summed E-state index contributed by atoms with van der Waals surface area (Å²) in [6, 6.07) is 4.90. The van der Waals surface area contributed by atoms with Gasteiger partial charge in [-0.3, -0.25) is 4.90 Å². The standard InChI is InChI=1S/C16H19FN6/c17-11-4-5-12(13-10(11)6-9-20-13)23-15(19)21-14(18)22-16(23)7-2-1-3-8-16/h4-6,9,20H,1-3,7-8H2,(H4,18,19,21,22). The minimum absolute atomic E-state index is 0.213. The Morgan fingerprint density at radius 2 is 1.91 bits per heavy atom. The number of guanidine groups is 2. The molecule has 1 saturated carbocycles. The molecule has 0 atom stereocenters. The molecule has 1 aromatic heterocycles. The molecule has 2 aliphatic rings. The van der Waals surface area contributed by atoms with Gasteiger partial charge in [0.1, 0.15) is 11.5 Å². The summed E-state index contributed by atoms with van der Waals surface area (Å²) >= 11 is 0. The maximum Gasteiger partial charge on any atom is 0.220 e. The van der Waals surface area contributed by atoms with E-state index in [1.54, 1.807) is 18.3 Å². The van der Waals surface area contributed by atoms with Crippen molar-refractivity contribution in [2.45, 2.75) is 37.8 Å². The van der Waals surface area contributed by atoms with Gasteiger partial charge in [-0.2, -0.15) is 4.99 Å². The molecule has 6 nitrogen and oxygen atoms in total. The molecule has 0 unspecified atom stereocenters. The molecule has 0 saturated heterocycles. The van der Waals surface area contributed by atoms with E-state index < -0.39 is 5.66 Å². The third kappa shape index (κ3) is 2.07. The van der Waals surface area contributed by atoms with E-state index in [9.17, 15) is 4.39 Å². The molecule has 2 aromatic rings. The fourth-order valence-electron chi connectivity index (χ4n) is 3.76. The van der Waals surface area contributed by atoms with Gasteiger partial charge in [-0.05, 0) is 43.9 Å². The highest BCUT2D eigenvalue weighted by Crippen LogP contribution is 2.41. The van der Waals surface area contributed by atoms with Gasteiger partial charge in [0.15, 0.2) is 0 Å². The average Bonchev–Trinajstić information content (AvgIpc) is 3.00. The summed E-state index contributed by atoms with van der Waals surface area (Å²) in [5.41, 5.74) is 13.0. The number of halogens is 1. The van der Waals surface area contributed by atoms with Crippen LogP contribution in [0.25, 0.3) is 10.9 Å². The normalized spacial score (nSPS) is 20.7. The lowest BCUT2D eigenvalue weighted by Crippen LogP contribution is -2.58. The molecule has 1 aromatic carbocycles. The number of benzene rings is 1. The van der Waals surface area contributed by atoms with Crippen LogP contribution in [0.2, 0.25) is 0 Å². The van der Waals surface area contributed by atoms with E-state index in [0.717, 1.165) is 31.4 Å². The smallest absolute Gasteiger partial charge is 0.220 e. The fourth-order valence-corrected chi connectivity index (χ4v) is 3.76. The minimum atomic E-state index is -0.524. The van der Waals surface area contributed by atoms with Gasteiger partial charge in [-0.15, -0.1) is 0 Å². The van der Waals surface area contributed by atoms with Crippen molar-refractivity contribution in [2.24, 2.45) is 21.5 Å². The van der Waals surface area contributed by atoms with Gasteiger partial charge in [-0.25, -0.2) is 9.38 Å². The van der Waals surface area contributed by atoms with Crippen molar-refractivity contribution in [3.05, 3.63) is 30.2 Å². The number of nitrogens with one attached hydrogen (secondary N) is 1. The van der Waals surface area contributed by atoms with Crippen LogP contribution in [-0.2, 0) is 0 Å². The molecule has 0 bridgehead atoms. The minimum Gasteiger partial charge on any atom is -0.369 e. The first-order valence-electron chi connectivity index (χ1n) is 7.86. The van der Waals surface area contributed by atoms with Crippen LogP contribution in [0, 0.1) is 5.82 Å². The lowest BCUT2D eigenvalue weighted by molar-refractivity contribution is 0.306. The number of nitrogens with zero attached hydrogens (tertiary/aromatic N) is 3. The molecular formula is C16H19FN6. The predicted octanol–water partition coefficient (Wildman–Crippen LogP) is 2.42. The van der Waals surface area contributed by atoms with Crippen LogP contribution in [0.15, 0.2) is 34.4 Å². The summed E-state index contributed by atoms with van der Waals surface area (Å²) in [5.74, 6) is 0.255. The SMILES string of the molecule is NC1=NC2(CCCCC2)N(c2ccc(F)c3cc[nH]c23)C(N)=N1. The van der Waals surface area contributed by atoms with Gasteiger partial charge in [0.05, 0.1) is 11.2 Å². The highest BCUT2D eigenvalue weighted by atomic mass is 19.1. The second kappa shape index (κ2) is 4.97. The number of hydrogen-bond acceptors (Lipinski definition) is 5. The number of fused-ring (bicyclic) bond motifs is 1. The maximum atomic E-state index is 14.0. The molecule has 1 aliphatic carbocycles. The number of aromatic amines is 1. The fraction of sp³-hybridized carbons (Fsp3) is 0.375. The third-order valence-corrected chi connectivity index (χ3v) is 4.74. The summed E-state index contributed by atoms with van der Waals surface area (Å²) in [5, 5.41) is 0.531. The third-order valence-electron chi connectivity index (χ3n) is 4.74. The number of anilines is 1. The molecule has 0 radical (unpaired) electrons. The van der Waals surface area contributed by atoms with E-state index in [2.05, 4.69) is 15.0 Å². The molecule has 2 heterocycles. The van der Waals surface area contributed by atoms with Crippen LogP contribution in [0.3, 0.4) is 0 Å². The number of rotatable bonds is 1. The van der Waals surface area contributed by atoms with Crippen molar-refractivity contribution in [1.29, 1.82) is 0 Å². The van der Waals surface area contributed by atoms with Crippen LogP contribution >= 0.6 is 0 Å². The number of H-pyrrole nitrogens is 1. The Hall–Kier alpha value is -2.57. The van der Waals surface area contributed by atoms with E-state index in [0.29, 0.717) is 16.9 Å². The van der Waals surface area contributed by atoms with E-state index in [1.165, 1.54) is 12.5 Å². The molecule has 7 heteroatoms. The second-order valence-corrected chi connectivity index (χ2v) is 6.15. The Morgan fingerprint density at radius 3 is 2.70 bits per heavy atom. The van der Waals surface area contributed by atoms with Crippen LogP contribution in [0.4, 0.5) is 10.1 Å². The van der Waals surface area contributed by atoms with Gasteiger partial charge >= 0.3 is 0 Å². The molecule has 1 spiro atoms. The number of aliphatic imine (C=N–C) groups is 2. The number of hydrogen-bond donors (Lipinski definition) is 3. The lowest BCUT2D eigenvalue weighted by Gasteiger charge is -2.45. The lowest BCUT2D eigenvalue weighted by atomic mass is 9.87. The Labute approximate surface area is 133 Å². The molecule has 4 rings (SSSR count). The zero-order valence-electron chi connectivity index (χ0n) is 12.7. The Morgan fingerprint density at radius 1 is 1.13 bits per heavy atom. The molecule has 1 fully saturated rings. The monoisotopic (exact) mass is 314 g/mol. The van der Waals surface area contributed by atoms with Gasteiger partial charge < -0.3 is 16.5 Å². The van der Waals surface area contributed by atoms with Crippen LogP contribution < -0.4 is 16.4 Å². The van der Waals surface area contributed by atoms with E-state index >= 15 is 0 Å². The first-order chi connectivity index (χ1) is 11.1. The average molecular weight is 314 g/mol. The Kier molecular flexibility index (Phi) is 3.04. The summed E-state index contributed by atoms with van der Waals surface area (Å²) in [4.78, 5) is 13.8. The highest BCUT2D eigenvalue weighted by Gasteiger charge is 2.43. The summed E-state index contributed by atoms with van der Waals surface area (Å²) in [7, 11) is 0. The van der Waals surface area contributed by atoms with Gasteiger partial charge in [0.2, 0.25) is 11.9 Å². The van der Waals surface area contributed by atoms with Crippen molar-refractivity contribution < 1.29 is 4.39 Å². The van der Waals surface area contributed by atoms with Crippen molar-refractivity contribution >= 4 is 28.5 Å². The number of aromatic nitrogens is 1. The highest BCUT2D eigenvalue weighted by molar-refractivity contribution is 6.09. The molecule has 23 heavy (non-hydrogen) atoms. The topological polar surface area (TPSA) is 95.8 Å². The van der Waals surface area contributed by atoms with Crippen molar-refractivity contribution in [3.63, 3.8) is 0 Å². The van der Waals surface area contributed by atoms with E-state index in [1.807, 2.05) is 4.90 Å². The van der Waals surface area contributed by atoms with Gasteiger partial charge in [0.25, 0.3) is 0 Å². The first kappa shape index (κ1) is 14.0. The van der Waals surface area contributed by atoms with Crippen LogP contribution in [0.5, 0.6) is 0 Å². The zero-order valence-corrected chi connectivity index (χ0v) is 12.7. The van der Waals surface area contributed by atoms with Crippen LogP contribution in [0.1, 0.15) is 32.1 Å². The Balaban J connectivity index is 1.92.